The van der Waals surface area contributed by atoms with Crippen molar-refractivity contribution in [2.24, 2.45) is 0 Å². The van der Waals surface area contributed by atoms with Crippen LogP contribution in [0.25, 0.3) is 0 Å². The van der Waals surface area contributed by atoms with Gasteiger partial charge >= 0.3 is 0 Å². The van der Waals surface area contributed by atoms with Gasteiger partial charge in [0, 0.05) is 38.9 Å². The maximum atomic E-state index is 12.6. The number of piperazine rings is 1. The maximum Gasteiger partial charge on any atom is 0.272 e. The highest BCUT2D eigenvalue weighted by Gasteiger charge is 2.22. The van der Waals surface area contributed by atoms with Crippen molar-refractivity contribution in [3.8, 4) is 0 Å². The van der Waals surface area contributed by atoms with Gasteiger partial charge in [-0.2, -0.15) is 0 Å². The minimum atomic E-state index is 0.0104. The summed E-state index contributed by atoms with van der Waals surface area (Å²) in [6.07, 6.45) is 10.1. The summed E-state index contributed by atoms with van der Waals surface area (Å²) in [6, 6.07) is 1.71. The van der Waals surface area contributed by atoms with Gasteiger partial charge in [-0.25, -0.2) is 9.97 Å². The monoisotopic (exact) mass is 343 g/mol. The van der Waals surface area contributed by atoms with Crippen molar-refractivity contribution in [2.75, 3.05) is 44.6 Å². The summed E-state index contributed by atoms with van der Waals surface area (Å²) in [5.74, 6) is 0.561. The molecule has 1 N–H and O–H groups in total. The molecule has 0 bridgehead atoms. The molecule has 0 saturated carbocycles. The standard InChI is InChI=1S/C19H29N5O/c1-2-23-12-14-24(15-13-23)18(25)17-9-11-21-19(22-17)20-10-8-16-6-4-3-5-7-16/h6,9,11H,2-5,7-8,10,12-15H2,1H3,(H,20,21,22). The van der Waals surface area contributed by atoms with Crippen LogP contribution in [0.2, 0.25) is 0 Å². The number of carbonyl (C=O) groups excluding carboxylic acids is 1. The minimum absolute atomic E-state index is 0.0104. The first-order chi connectivity index (χ1) is 12.3. The molecule has 0 unspecified atom stereocenters. The number of anilines is 1. The van der Waals surface area contributed by atoms with Crippen molar-refractivity contribution in [1.29, 1.82) is 0 Å². The summed E-state index contributed by atoms with van der Waals surface area (Å²) < 4.78 is 0. The van der Waals surface area contributed by atoms with Crippen molar-refractivity contribution >= 4 is 11.9 Å². The molecule has 1 aromatic heterocycles. The molecule has 1 aliphatic carbocycles. The van der Waals surface area contributed by atoms with Crippen LogP contribution >= 0.6 is 0 Å². The molecule has 0 radical (unpaired) electrons. The van der Waals surface area contributed by atoms with Gasteiger partial charge < -0.3 is 15.1 Å². The van der Waals surface area contributed by atoms with Crippen molar-refractivity contribution in [3.63, 3.8) is 0 Å². The molecular formula is C19H29N5O. The largest absolute Gasteiger partial charge is 0.354 e. The Hall–Kier alpha value is -1.95. The van der Waals surface area contributed by atoms with Crippen LogP contribution in [0.4, 0.5) is 5.95 Å². The first-order valence-electron chi connectivity index (χ1n) is 9.52. The number of nitrogens with zero attached hydrogens (tertiary/aromatic N) is 4. The summed E-state index contributed by atoms with van der Waals surface area (Å²) in [7, 11) is 0. The molecule has 6 nitrogen and oxygen atoms in total. The molecule has 3 rings (SSSR count). The number of rotatable bonds is 6. The zero-order valence-corrected chi connectivity index (χ0v) is 15.2. The fourth-order valence-corrected chi connectivity index (χ4v) is 3.46. The SMILES string of the molecule is CCN1CCN(C(=O)c2ccnc(NCCC3=CCCCC3)n2)CC1. The Morgan fingerprint density at radius 2 is 2.08 bits per heavy atom. The lowest BCUT2D eigenvalue weighted by Gasteiger charge is -2.33. The molecule has 25 heavy (non-hydrogen) atoms. The van der Waals surface area contributed by atoms with E-state index in [1.165, 1.54) is 31.3 Å². The third-order valence-corrected chi connectivity index (χ3v) is 5.10. The van der Waals surface area contributed by atoms with Gasteiger partial charge in [0.05, 0.1) is 0 Å². The number of nitrogens with one attached hydrogen (secondary N) is 1. The Bertz CT molecular complexity index is 608. The van der Waals surface area contributed by atoms with Gasteiger partial charge in [0.1, 0.15) is 5.69 Å². The summed E-state index contributed by atoms with van der Waals surface area (Å²) >= 11 is 0. The van der Waals surface area contributed by atoms with Crippen LogP contribution < -0.4 is 5.32 Å². The Kier molecular flexibility index (Phi) is 6.39. The average molecular weight is 343 g/mol. The smallest absolute Gasteiger partial charge is 0.272 e. The summed E-state index contributed by atoms with van der Waals surface area (Å²) in [5, 5.41) is 3.26. The van der Waals surface area contributed by atoms with Crippen molar-refractivity contribution in [3.05, 3.63) is 29.6 Å². The van der Waals surface area contributed by atoms with E-state index in [0.29, 0.717) is 11.6 Å². The van der Waals surface area contributed by atoms with Crippen LogP contribution in [0.1, 0.15) is 49.5 Å². The minimum Gasteiger partial charge on any atom is -0.354 e. The first kappa shape index (κ1) is 17.9. The molecule has 1 aromatic rings. The van der Waals surface area contributed by atoms with Gasteiger partial charge in [0.25, 0.3) is 5.91 Å². The second kappa shape index (κ2) is 8.94. The Morgan fingerprint density at radius 1 is 1.24 bits per heavy atom. The van der Waals surface area contributed by atoms with E-state index in [-0.39, 0.29) is 5.91 Å². The third-order valence-electron chi connectivity index (χ3n) is 5.10. The van der Waals surface area contributed by atoms with Crippen LogP contribution in [0.3, 0.4) is 0 Å². The van der Waals surface area contributed by atoms with Crippen LogP contribution in [0.5, 0.6) is 0 Å². The van der Waals surface area contributed by atoms with Gasteiger partial charge in [0.15, 0.2) is 0 Å². The molecule has 1 amide bonds. The van der Waals surface area contributed by atoms with Crippen LogP contribution in [0, 0.1) is 0 Å². The van der Waals surface area contributed by atoms with Gasteiger partial charge in [-0.3, -0.25) is 4.79 Å². The quantitative estimate of drug-likeness (QED) is 0.805. The molecule has 2 heterocycles. The van der Waals surface area contributed by atoms with E-state index in [2.05, 4.69) is 33.2 Å². The molecule has 2 aliphatic rings. The van der Waals surface area contributed by atoms with Crippen molar-refractivity contribution in [2.45, 2.75) is 39.0 Å². The third kappa shape index (κ3) is 5.01. The normalized spacial score (nSPS) is 18.8. The van der Waals surface area contributed by atoms with E-state index >= 15 is 0 Å². The summed E-state index contributed by atoms with van der Waals surface area (Å²) in [6.45, 7) is 7.43. The van der Waals surface area contributed by atoms with E-state index in [4.69, 9.17) is 0 Å². The van der Waals surface area contributed by atoms with E-state index < -0.39 is 0 Å². The van der Waals surface area contributed by atoms with E-state index in [9.17, 15) is 4.79 Å². The van der Waals surface area contributed by atoms with Gasteiger partial charge in [-0.05, 0) is 44.7 Å². The van der Waals surface area contributed by atoms with E-state index in [1.54, 1.807) is 12.3 Å². The summed E-state index contributed by atoms with van der Waals surface area (Å²) in [4.78, 5) is 25.6. The number of hydrogen-bond acceptors (Lipinski definition) is 5. The van der Waals surface area contributed by atoms with Gasteiger partial charge in [-0.15, -0.1) is 0 Å². The number of aromatic nitrogens is 2. The molecule has 1 fully saturated rings. The van der Waals surface area contributed by atoms with Gasteiger partial charge in [0.2, 0.25) is 5.95 Å². The number of likely N-dealkylation sites (N-methyl/N-ethyl adjacent to an activating group) is 1. The predicted octanol–water partition coefficient (Wildman–Crippen LogP) is 2.56. The highest BCUT2D eigenvalue weighted by atomic mass is 16.2. The fraction of sp³-hybridized carbons (Fsp3) is 0.632. The van der Waals surface area contributed by atoms with Crippen molar-refractivity contribution < 1.29 is 4.79 Å². The number of amides is 1. The Morgan fingerprint density at radius 3 is 2.80 bits per heavy atom. The van der Waals surface area contributed by atoms with Crippen molar-refractivity contribution in [1.82, 2.24) is 19.8 Å². The zero-order chi connectivity index (χ0) is 17.5. The molecule has 6 heteroatoms. The second-order valence-electron chi connectivity index (χ2n) is 6.78. The lowest BCUT2D eigenvalue weighted by Crippen LogP contribution is -2.48. The molecule has 136 valence electrons. The van der Waals surface area contributed by atoms with Crippen LogP contribution in [0.15, 0.2) is 23.9 Å². The number of allylic oxidation sites excluding steroid dienone is 1. The molecular weight excluding hydrogens is 314 g/mol. The first-order valence-corrected chi connectivity index (χ1v) is 9.52. The molecule has 0 spiro atoms. The molecule has 0 atom stereocenters. The summed E-state index contributed by atoms with van der Waals surface area (Å²) in [5.41, 5.74) is 2.01. The fourth-order valence-electron chi connectivity index (χ4n) is 3.46. The maximum absolute atomic E-state index is 12.6. The Balaban J connectivity index is 1.52. The second-order valence-corrected chi connectivity index (χ2v) is 6.78. The Labute approximate surface area is 150 Å². The highest BCUT2D eigenvalue weighted by molar-refractivity contribution is 5.92. The van der Waals surface area contributed by atoms with E-state index in [1.807, 2.05) is 4.90 Å². The molecule has 0 aromatic carbocycles. The zero-order valence-electron chi connectivity index (χ0n) is 15.2. The molecule has 1 aliphatic heterocycles. The van der Waals surface area contributed by atoms with Crippen LogP contribution in [-0.4, -0.2) is 64.9 Å². The average Bonchev–Trinajstić information content (AvgIpc) is 2.68. The topological polar surface area (TPSA) is 61.4 Å². The predicted molar refractivity (Wildman–Crippen MR) is 99.7 cm³/mol. The van der Waals surface area contributed by atoms with E-state index in [0.717, 1.165) is 45.7 Å². The lowest BCUT2D eigenvalue weighted by atomic mass is 9.97. The van der Waals surface area contributed by atoms with Gasteiger partial charge in [-0.1, -0.05) is 18.6 Å². The van der Waals surface area contributed by atoms with Crippen LogP contribution in [-0.2, 0) is 0 Å². The number of carbonyl (C=O) groups is 1. The highest BCUT2D eigenvalue weighted by Crippen LogP contribution is 2.19. The lowest BCUT2D eigenvalue weighted by molar-refractivity contribution is 0.0637. The molecule has 1 saturated heterocycles. The number of hydrogen-bond donors (Lipinski definition) is 1.